The van der Waals surface area contributed by atoms with E-state index in [1.54, 1.807) is 29.2 Å². The van der Waals surface area contributed by atoms with Crippen molar-refractivity contribution in [3.8, 4) is 0 Å². The van der Waals surface area contributed by atoms with Gasteiger partial charge in [-0.15, -0.1) is 11.3 Å². The Kier molecular flexibility index (Phi) is 6.36. The van der Waals surface area contributed by atoms with E-state index in [0.29, 0.717) is 18.5 Å². The molecule has 0 bridgehead atoms. The second-order valence-corrected chi connectivity index (χ2v) is 8.23. The first kappa shape index (κ1) is 21.0. The maximum atomic E-state index is 12.7. The second-order valence-electron chi connectivity index (χ2n) is 7.04. The van der Waals surface area contributed by atoms with Crippen LogP contribution >= 0.6 is 11.3 Å². The maximum absolute atomic E-state index is 12.7. The minimum absolute atomic E-state index is 0.0221. The number of imidazole rings is 1. The van der Waals surface area contributed by atoms with Gasteiger partial charge in [0.15, 0.2) is 5.69 Å². The minimum atomic E-state index is -0.539. The summed E-state index contributed by atoms with van der Waals surface area (Å²) < 4.78 is 6.80. The zero-order chi connectivity index (χ0) is 21.1. The van der Waals surface area contributed by atoms with Gasteiger partial charge in [0.1, 0.15) is 11.6 Å². The minimum Gasteiger partial charge on any atom is -0.461 e. The number of carbonyl (C=O) groups is 3. The molecule has 9 heteroatoms. The molecule has 1 atom stereocenters. The number of nitrogens with zero attached hydrogens (tertiary/aromatic N) is 2. The fraction of sp³-hybridized carbons (Fsp3) is 0.500. The van der Waals surface area contributed by atoms with Crippen LogP contribution in [-0.4, -0.2) is 40.4 Å². The molecule has 1 amide bonds. The number of hydrogen-bond donors (Lipinski definition) is 2. The van der Waals surface area contributed by atoms with Gasteiger partial charge in [0.05, 0.1) is 18.5 Å². The molecule has 0 spiro atoms. The molecule has 29 heavy (non-hydrogen) atoms. The van der Waals surface area contributed by atoms with Gasteiger partial charge in [-0.1, -0.05) is 0 Å². The Morgan fingerprint density at radius 2 is 2.14 bits per heavy atom. The molecule has 156 valence electrons. The third kappa shape index (κ3) is 4.19. The van der Waals surface area contributed by atoms with Crippen molar-refractivity contribution in [1.29, 1.82) is 0 Å². The van der Waals surface area contributed by atoms with Crippen molar-refractivity contribution in [2.45, 2.75) is 52.5 Å². The van der Waals surface area contributed by atoms with Gasteiger partial charge < -0.3 is 20.4 Å². The number of esters is 1. The van der Waals surface area contributed by atoms with Gasteiger partial charge >= 0.3 is 5.97 Å². The normalized spacial score (nSPS) is 15.6. The highest BCUT2D eigenvalue weighted by Crippen LogP contribution is 2.39. The van der Waals surface area contributed by atoms with E-state index in [4.69, 9.17) is 10.5 Å². The van der Waals surface area contributed by atoms with Crippen LogP contribution in [0.1, 0.15) is 69.4 Å². The Hall–Kier alpha value is -2.68. The topological polar surface area (TPSA) is 116 Å². The second kappa shape index (κ2) is 8.77. The summed E-state index contributed by atoms with van der Waals surface area (Å²) in [6, 6.07) is -0.0221. The predicted molar refractivity (Wildman–Crippen MR) is 110 cm³/mol. The average Bonchev–Trinajstić information content (AvgIpc) is 3.21. The van der Waals surface area contributed by atoms with Gasteiger partial charge in [0.25, 0.3) is 5.91 Å². The maximum Gasteiger partial charge on any atom is 0.360 e. The number of carbonyl (C=O) groups excluding carboxylic acids is 3. The fourth-order valence-corrected chi connectivity index (χ4v) is 5.16. The Labute approximate surface area is 173 Å². The summed E-state index contributed by atoms with van der Waals surface area (Å²) in [6.45, 7) is 5.90. The zero-order valence-corrected chi connectivity index (χ0v) is 17.7. The summed E-state index contributed by atoms with van der Waals surface area (Å²) in [5.74, 6) is -0.380. The number of aromatic nitrogens is 2. The highest BCUT2D eigenvalue weighted by atomic mass is 32.1. The number of anilines is 1. The van der Waals surface area contributed by atoms with E-state index in [2.05, 4.69) is 10.3 Å². The molecule has 2 heterocycles. The van der Waals surface area contributed by atoms with Crippen LogP contribution in [0, 0.1) is 0 Å². The molecule has 0 radical (unpaired) electrons. The lowest BCUT2D eigenvalue weighted by molar-refractivity contribution is -0.116. The first-order valence-corrected chi connectivity index (χ1v) is 10.6. The molecule has 1 aliphatic carbocycles. The standard InChI is InChI=1S/C20H26N4O4S/c1-4-22-19(26)16-13-9-12(6-7-14(13)29-15(16)8-11(3)25)24-10-23-17(18(24)21)20(27)28-5-2/h10,12H,4-9,21H2,1-3H3,(H,22,26)/t12-/m0/s1. The third-order valence-corrected chi connectivity index (χ3v) is 6.27. The van der Waals surface area contributed by atoms with Crippen LogP contribution in [0.15, 0.2) is 6.33 Å². The van der Waals surface area contributed by atoms with E-state index in [9.17, 15) is 14.4 Å². The molecule has 2 aromatic rings. The van der Waals surface area contributed by atoms with Crippen molar-refractivity contribution >= 4 is 34.8 Å². The van der Waals surface area contributed by atoms with Crippen LogP contribution in [0.4, 0.5) is 5.82 Å². The summed E-state index contributed by atoms with van der Waals surface area (Å²) >= 11 is 1.55. The molecule has 3 rings (SSSR count). The molecule has 0 aromatic carbocycles. The highest BCUT2D eigenvalue weighted by molar-refractivity contribution is 7.12. The first-order valence-electron chi connectivity index (χ1n) is 9.77. The molecule has 8 nitrogen and oxygen atoms in total. The molecule has 0 aliphatic heterocycles. The first-order chi connectivity index (χ1) is 13.9. The summed E-state index contributed by atoms with van der Waals surface area (Å²) in [7, 11) is 0. The smallest absolute Gasteiger partial charge is 0.360 e. The van der Waals surface area contributed by atoms with Gasteiger partial charge in [-0.3, -0.25) is 9.59 Å². The number of amides is 1. The van der Waals surface area contributed by atoms with Gasteiger partial charge in [-0.25, -0.2) is 9.78 Å². The number of nitrogens with two attached hydrogens (primary N) is 1. The molecular weight excluding hydrogens is 392 g/mol. The van der Waals surface area contributed by atoms with Crippen LogP contribution in [0.2, 0.25) is 0 Å². The summed E-state index contributed by atoms with van der Waals surface area (Å²) in [6.07, 6.45) is 4.01. The number of nitrogens with one attached hydrogen (secondary N) is 1. The summed E-state index contributed by atoms with van der Waals surface area (Å²) in [5.41, 5.74) is 7.89. The largest absolute Gasteiger partial charge is 0.461 e. The molecular formula is C20H26N4O4S. The molecule has 0 saturated heterocycles. The van der Waals surface area contributed by atoms with E-state index in [1.165, 1.54) is 6.92 Å². The number of nitrogen functional groups attached to an aromatic ring is 1. The van der Waals surface area contributed by atoms with Crippen LogP contribution in [-0.2, 0) is 28.8 Å². The number of fused-ring (bicyclic) bond motifs is 1. The van der Waals surface area contributed by atoms with Crippen molar-refractivity contribution < 1.29 is 19.1 Å². The number of rotatable bonds is 7. The Morgan fingerprint density at radius 3 is 2.79 bits per heavy atom. The molecule has 3 N–H and O–H groups in total. The Balaban J connectivity index is 1.94. The van der Waals surface area contributed by atoms with Crippen molar-refractivity contribution in [2.24, 2.45) is 0 Å². The average molecular weight is 419 g/mol. The van der Waals surface area contributed by atoms with Crippen molar-refractivity contribution in [3.63, 3.8) is 0 Å². The van der Waals surface area contributed by atoms with E-state index in [1.807, 2.05) is 6.92 Å². The molecule has 0 unspecified atom stereocenters. The number of Topliss-reactive ketones (excluding diaryl/α,β-unsaturated/α-hetero) is 1. The number of aryl methyl sites for hydroxylation is 1. The van der Waals surface area contributed by atoms with E-state index < -0.39 is 5.97 Å². The van der Waals surface area contributed by atoms with E-state index in [0.717, 1.165) is 28.2 Å². The van der Waals surface area contributed by atoms with Crippen LogP contribution < -0.4 is 11.1 Å². The number of ether oxygens (including phenoxy) is 1. The monoisotopic (exact) mass is 418 g/mol. The Morgan fingerprint density at radius 1 is 1.38 bits per heavy atom. The lowest BCUT2D eigenvalue weighted by atomic mass is 9.90. The highest BCUT2D eigenvalue weighted by Gasteiger charge is 2.31. The third-order valence-electron chi connectivity index (χ3n) is 4.98. The molecule has 0 saturated carbocycles. The Bertz CT molecular complexity index is 947. The summed E-state index contributed by atoms with van der Waals surface area (Å²) in [4.78, 5) is 42.6. The SMILES string of the molecule is CCNC(=O)c1c(CC(C)=O)sc2c1C[C@@H](n1cnc(C(=O)OCC)c1N)CC2. The lowest BCUT2D eigenvalue weighted by Crippen LogP contribution is -2.26. The van der Waals surface area contributed by atoms with E-state index >= 15 is 0 Å². The fourth-order valence-electron chi connectivity index (χ4n) is 3.74. The molecule has 0 fully saturated rings. The molecule has 1 aliphatic rings. The van der Waals surface area contributed by atoms with Gasteiger partial charge in [-0.2, -0.15) is 0 Å². The van der Waals surface area contributed by atoms with Gasteiger partial charge in [-0.05, 0) is 45.6 Å². The van der Waals surface area contributed by atoms with Crippen molar-refractivity contribution in [1.82, 2.24) is 14.9 Å². The predicted octanol–water partition coefficient (Wildman–Crippen LogP) is 2.31. The van der Waals surface area contributed by atoms with E-state index in [-0.39, 0.29) is 42.3 Å². The lowest BCUT2D eigenvalue weighted by Gasteiger charge is -2.25. The van der Waals surface area contributed by atoms with Crippen molar-refractivity contribution in [3.05, 3.63) is 32.9 Å². The van der Waals surface area contributed by atoms with Crippen LogP contribution in [0.5, 0.6) is 0 Å². The molecule has 2 aromatic heterocycles. The number of thiophene rings is 1. The van der Waals surface area contributed by atoms with Gasteiger partial charge in [0, 0.05) is 28.8 Å². The van der Waals surface area contributed by atoms with Crippen molar-refractivity contribution in [2.75, 3.05) is 18.9 Å². The zero-order valence-electron chi connectivity index (χ0n) is 16.9. The number of hydrogen-bond acceptors (Lipinski definition) is 7. The van der Waals surface area contributed by atoms with Crippen LogP contribution in [0.3, 0.4) is 0 Å². The number of ketones is 1. The quantitative estimate of drug-likeness (QED) is 0.667. The van der Waals surface area contributed by atoms with Gasteiger partial charge in [0.2, 0.25) is 0 Å². The van der Waals surface area contributed by atoms with Crippen LogP contribution in [0.25, 0.3) is 0 Å². The summed E-state index contributed by atoms with van der Waals surface area (Å²) in [5, 5.41) is 2.86.